The fourth-order valence-corrected chi connectivity index (χ4v) is 3.27. The smallest absolute Gasteiger partial charge is 0.336 e. The van der Waals surface area contributed by atoms with E-state index in [-0.39, 0.29) is 5.63 Å². The molecule has 3 heteroatoms. The molecule has 3 aromatic rings. The third kappa shape index (κ3) is 3.83. The van der Waals surface area contributed by atoms with Crippen LogP contribution < -0.4 is 10.9 Å². The highest BCUT2D eigenvalue weighted by Gasteiger charge is 2.11. The van der Waals surface area contributed by atoms with Gasteiger partial charge in [-0.05, 0) is 48.4 Å². The van der Waals surface area contributed by atoms with E-state index < -0.39 is 0 Å². The summed E-state index contributed by atoms with van der Waals surface area (Å²) in [6.07, 6.45) is 1.08. The van der Waals surface area contributed by atoms with Gasteiger partial charge >= 0.3 is 5.63 Å². The molecular formula is C22H25NO2. The van der Waals surface area contributed by atoms with Crippen LogP contribution in [0.2, 0.25) is 0 Å². The van der Waals surface area contributed by atoms with Crippen molar-refractivity contribution in [3.63, 3.8) is 0 Å². The number of benzene rings is 2. The maximum atomic E-state index is 11.9. The molecule has 0 fully saturated rings. The van der Waals surface area contributed by atoms with Crippen molar-refractivity contribution in [1.82, 2.24) is 5.32 Å². The maximum absolute atomic E-state index is 11.9. The van der Waals surface area contributed by atoms with E-state index in [9.17, 15) is 4.79 Å². The van der Waals surface area contributed by atoms with E-state index in [0.717, 1.165) is 35.0 Å². The lowest BCUT2D eigenvalue weighted by atomic mass is 9.96. The summed E-state index contributed by atoms with van der Waals surface area (Å²) in [7, 11) is 0. The molecule has 0 bridgehead atoms. The molecule has 1 aromatic heterocycles. The van der Waals surface area contributed by atoms with Crippen molar-refractivity contribution in [3.8, 4) is 0 Å². The summed E-state index contributed by atoms with van der Waals surface area (Å²) >= 11 is 0. The van der Waals surface area contributed by atoms with Crippen LogP contribution in [-0.4, -0.2) is 6.54 Å². The number of fused-ring (bicyclic) bond motifs is 1. The highest BCUT2D eigenvalue weighted by Crippen LogP contribution is 2.23. The van der Waals surface area contributed by atoms with Gasteiger partial charge in [-0.2, -0.15) is 0 Å². The van der Waals surface area contributed by atoms with E-state index in [2.05, 4.69) is 42.6 Å². The molecule has 3 rings (SSSR count). The molecule has 0 aliphatic heterocycles. The molecule has 0 aliphatic rings. The Kier molecular flexibility index (Phi) is 5.34. The largest absolute Gasteiger partial charge is 0.422 e. The summed E-state index contributed by atoms with van der Waals surface area (Å²) in [5.41, 5.74) is 4.94. The molecular weight excluding hydrogens is 310 g/mol. The Labute approximate surface area is 148 Å². The number of aryl methyl sites for hydroxylation is 2. The Balaban J connectivity index is 1.79. The lowest BCUT2D eigenvalue weighted by Gasteiger charge is -2.17. The molecule has 0 spiro atoms. The highest BCUT2D eigenvalue weighted by atomic mass is 16.4. The van der Waals surface area contributed by atoms with Crippen molar-refractivity contribution in [2.24, 2.45) is 0 Å². The number of nitrogens with one attached hydrogen (secondary N) is 1. The summed E-state index contributed by atoms with van der Waals surface area (Å²) < 4.78 is 5.45. The average Bonchev–Trinajstić information content (AvgIpc) is 2.63. The fourth-order valence-electron chi connectivity index (χ4n) is 3.27. The monoisotopic (exact) mass is 335 g/mol. The first-order chi connectivity index (χ1) is 12.1. The minimum Gasteiger partial charge on any atom is -0.422 e. The molecule has 3 nitrogen and oxygen atoms in total. The molecule has 0 amide bonds. The van der Waals surface area contributed by atoms with Gasteiger partial charge in [0.15, 0.2) is 0 Å². The predicted octanol–water partition coefficient (Wildman–Crippen LogP) is 4.69. The quantitative estimate of drug-likeness (QED) is 0.664. The second-order valence-electron chi connectivity index (χ2n) is 6.62. The molecule has 0 saturated carbocycles. The normalized spacial score (nSPS) is 12.4. The number of rotatable bonds is 6. The molecule has 0 saturated heterocycles. The summed E-state index contributed by atoms with van der Waals surface area (Å²) in [5, 5.41) is 4.54. The highest BCUT2D eigenvalue weighted by molar-refractivity contribution is 5.83. The molecule has 1 heterocycles. The van der Waals surface area contributed by atoms with Crippen LogP contribution in [0, 0.1) is 13.8 Å². The molecule has 0 aliphatic carbocycles. The zero-order valence-corrected chi connectivity index (χ0v) is 15.1. The summed E-state index contributed by atoms with van der Waals surface area (Å²) in [5.74, 6) is 0.469. The molecule has 2 aromatic carbocycles. The molecule has 25 heavy (non-hydrogen) atoms. The van der Waals surface area contributed by atoms with Crippen LogP contribution in [0.15, 0.2) is 57.7 Å². The van der Waals surface area contributed by atoms with Gasteiger partial charge in [0.05, 0.1) is 0 Å². The predicted molar refractivity (Wildman–Crippen MR) is 103 cm³/mol. The van der Waals surface area contributed by atoms with Gasteiger partial charge < -0.3 is 9.73 Å². The van der Waals surface area contributed by atoms with Gasteiger partial charge in [-0.1, -0.05) is 49.4 Å². The summed E-state index contributed by atoms with van der Waals surface area (Å²) in [6.45, 7) is 7.78. The Morgan fingerprint density at radius 2 is 1.84 bits per heavy atom. The van der Waals surface area contributed by atoms with Gasteiger partial charge in [-0.15, -0.1) is 0 Å². The lowest BCUT2D eigenvalue weighted by molar-refractivity contribution is 0.547. The average molecular weight is 335 g/mol. The van der Waals surface area contributed by atoms with Gasteiger partial charge in [0.1, 0.15) is 5.58 Å². The first-order valence-electron chi connectivity index (χ1n) is 8.88. The zero-order chi connectivity index (χ0) is 17.8. The fraction of sp³-hybridized carbons (Fsp3) is 0.318. The number of hydrogen-bond donors (Lipinski definition) is 1. The number of hydrogen-bond acceptors (Lipinski definition) is 3. The zero-order valence-electron chi connectivity index (χ0n) is 15.1. The Bertz CT molecular complexity index is 912. The molecule has 0 unspecified atom stereocenters. The minimum atomic E-state index is -0.284. The maximum Gasteiger partial charge on any atom is 0.336 e. The van der Waals surface area contributed by atoms with Crippen LogP contribution in [0.25, 0.3) is 11.0 Å². The van der Waals surface area contributed by atoms with Crippen LogP contribution in [0.4, 0.5) is 0 Å². The Morgan fingerprint density at radius 1 is 1.08 bits per heavy atom. The van der Waals surface area contributed by atoms with Crippen LogP contribution in [-0.2, 0) is 6.54 Å². The summed E-state index contributed by atoms with van der Waals surface area (Å²) in [4.78, 5) is 11.9. The topological polar surface area (TPSA) is 42.2 Å². The van der Waals surface area contributed by atoms with Crippen molar-refractivity contribution >= 4 is 11.0 Å². The van der Waals surface area contributed by atoms with Gasteiger partial charge in [0.2, 0.25) is 0 Å². The van der Waals surface area contributed by atoms with Crippen molar-refractivity contribution in [2.75, 3.05) is 6.54 Å². The van der Waals surface area contributed by atoms with Crippen LogP contribution in [0.5, 0.6) is 0 Å². The minimum absolute atomic E-state index is 0.284. The van der Waals surface area contributed by atoms with Crippen molar-refractivity contribution < 1.29 is 4.42 Å². The van der Waals surface area contributed by atoms with Gasteiger partial charge in [-0.3, -0.25) is 0 Å². The Morgan fingerprint density at radius 3 is 2.56 bits per heavy atom. The lowest BCUT2D eigenvalue weighted by Crippen LogP contribution is -2.21. The molecule has 1 atom stereocenters. The molecule has 0 radical (unpaired) electrons. The Hall–Kier alpha value is -2.39. The van der Waals surface area contributed by atoms with Crippen molar-refractivity contribution in [1.29, 1.82) is 0 Å². The second kappa shape index (κ2) is 7.66. The first-order valence-corrected chi connectivity index (χ1v) is 8.88. The van der Waals surface area contributed by atoms with Gasteiger partial charge in [0.25, 0.3) is 0 Å². The van der Waals surface area contributed by atoms with Gasteiger partial charge in [0, 0.05) is 24.5 Å². The SMILES string of the molecule is CC[C@@H](CNCc1cc(=O)oc2c(C)c(C)ccc12)c1ccccc1. The van der Waals surface area contributed by atoms with E-state index >= 15 is 0 Å². The van der Waals surface area contributed by atoms with E-state index in [1.165, 1.54) is 5.56 Å². The van der Waals surface area contributed by atoms with E-state index in [1.54, 1.807) is 6.07 Å². The molecule has 130 valence electrons. The van der Waals surface area contributed by atoms with E-state index in [4.69, 9.17) is 4.42 Å². The van der Waals surface area contributed by atoms with E-state index in [0.29, 0.717) is 18.0 Å². The third-order valence-corrected chi connectivity index (χ3v) is 4.99. The van der Waals surface area contributed by atoms with Crippen molar-refractivity contribution in [2.45, 2.75) is 39.7 Å². The van der Waals surface area contributed by atoms with Crippen LogP contribution >= 0.6 is 0 Å². The second-order valence-corrected chi connectivity index (χ2v) is 6.62. The molecule has 1 N–H and O–H groups in total. The van der Waals surface area contributed by atoms with Gasteiger partial charge in [-0.25, -0.2) is 4.79 Å². The first kappa shape index (κ1) is 17.4. The van der Waals surface area contributed by atoms with Crippen LogP contribution in [0.1, 0.15) is 41.5 Å². The van der Waals surface area contributed by atoms with E-state index in [1.807, 2.05) is 26.0 Å². The van der Waals surface area contributed by atoms with Crippen LogP contribution in [0.3, 0.4) is 0 Å². The standard InChI is InChI=1S/C22H25NO2/c1-4-17(18-8-6-5-7-9-18)13-23-14-19-12-21(24)25-22-16(3)15(2)10-11-20(19)22/h5-12,17,23H,4,13-14H2,1-3H3/t17-/m0/s1. The third-order valence-electron chi connectivity index (χ3n) is 4.99. The van der Waals surface area contributed by atoms with Crippen molar-refractivity contribution in [3.05, 3.63) is 81.2 Å². The summed E-state index contributed by atoms with van der Waals surface area (Å²) in [6, 6.07) is 16.3.